The molecule has 0 saturated carbocycles. The number of rotatable bonds is 32. The largest absolute Gasteiger partial charge is 0.472 e. The Balaban J connectivity index is 0.642. The molecular weight excluding hydrogens is 1820 g/mol. The van der Waals surface area contributed by atoms with Gasteiger partial charge in [0.2, 0.25) is 17.8 Å². The fraction of sp³-hybridized carbons (Fsp3) is 0.526. The number of phosphoric acid groups is 5. The number of nitrogens with two attached hydrogens (primary N) is 6. The van der Waals surface area contributed by atoms with E-state index in [-0.39, 0.29) is 55.2 Å². The predicted octanol–water partition coefficient (Wildman–Crippen LogP) is -3.68. The highest BCUT2D eigenvalue weighted by atomic mass is 32.1. The molecule has 23 atom stereocenters. The number of aliphatic hydroxyl groups is 2. The molecule has 6 fully saturated rings. The van der Waals surface area contributed by atoms with Crippen molar-refractivity contribution in [3.8, 4) is 0 Å². The van der Waals surface area contributed by atoms with Crippen LogP contribution in [-0.4, -0.2) is 220 Å². The van der Waals surface area contributed by atoms with E-state index >= 15 is 0 Å². The molecule has 668 valence electrons. The summed E-state index contributed by atoms with van der Waals surface area (Å²) in [5, 5.41) is 21.1. The summed E-state index contributed by atoms with van der Waals surface area (Å²) in [6, 6.07) is 3.59. The number of thiazole rings is 3. The van der Waals surface area contributed by atoms with Gasteiger partial charge in [-0.25, -0.2) is 37.2 Å². The number of hydrogen-bond donors (Lipinski definition) is 16. The molecule has 9 aromatic heterocycles. The number of aliphatic hydroxyl groups excluding tert-OH is 2. The molecule has 0 bridgehead atoms. The second kappa shape index (κ2) is 35.0. The number of nitrogens with zero attached hydrogens (tertiary/aromatic N) is 12. The SMILES string of the molecule is Nc1ccn([C@H]2C[C@H](OP(=O)(O)OC[C@H]3O[C@@H](n4c(=O)sc5c(=O)[nH]c(N)nc54)C[C@@H]3OP(=O)(O)OC[C@H]3O[C@@H](n4ccc(N)nc4=O)C[C@@H]3OP(=O)(O)OC[C@H]3O[C@@H](n4c(=O)sc5c(=O)[nH]c(N)nc54)C[C@@H]3OP(=O)(O)OC[C@H]3O[C@@H](n4ccc(N)nc4=O)C[C@@H]3O)[C@@H](COP(=O)(O)O[C@H]3C[C@H](n4c(=O)sc5c(=O)[nH]c(N)nc54)O[C@@H]3CO)O2)c(=O)n1. The molecule has 9 aromatic rings. The number of fused-ring (bicyclic) bond motifs is 3. The number of aromatic amines is 3. The van der Waals surface area contributed by atoms with Crippen molar-refractivity contribution in [1.82, 2.24) is 72.3 Å². The maximum atomic E-state index is 14.5. The minimum Gasteiger partial charge on any atom is -0.394 e. The van der Waals surface area contributed by atoms with E-state index in [1.54, 1.807) is 0 Å². The first-order valence-electron chi connectivity index (χ1n) is 35.8. The highest BCUT2D eigenvalue weighted by Crippen LogP contribution is 2.56. The zero-order valence-corrected chi connectivity index (χ0v) is 68.9. The zero-order valence-electron chi connectivity index (χ0n) is 62.0. The van der Waals surface area contributed by atoms with E-state index < -0.39 is 287 Å². The third kappa shape index (κ3) is 19.7. The first kappa shape index (κ1) is 89.2. The molecule has 0 spiro atoms. The van der Waals surface area contributed by atoms with Crippen LogP contribution in [0.3, 0.4) is 0 Å². The Morgan fingerprint density at radius 1 is 0.374 bits per heavy atom. The smallest absolute Gasteiger partial charge is 0.394 e. The Morgan fingerprint density at radius 2 is 0.618 bits per heavy atom. The van der Waals surface area contributed by atoms with Crippen molar-refractivity contribution in [3.05, 3.63) is 128 Å². The summed E-state index contributed by atoms with van der Waals surface area (Å²) in [5.74, 6) is -1.98. The van der Waals surface area contributed by atoms with Crippen molar-refractivity contribution in [2.45, 2.75) is 149 Å². The van der Waals surface area contributed by atoms with E-state index in [0.717, 1.165) is 45.9 Å². The lowest BCUT2D eigenvalue weighted by Crippen LogP contribution is -2.32. The van der Waals surface area contributed by atoms with Gasteiger partial charge in [-0.2, -0.15) is 29.9 Å². The molecule has 0 amide bonds. The number of H-pyrrole nitrogens is 3. The van der Waals surface area contributed by atoms with Crippen molar-refractivity contribution in [3.63, 3.8) is 0 Å². The fourth-order valence-corrected chi connectivity index (χ4v) is 21.4. The van der Waals surface area contributed by atoms with Gasteiger partial charge in [-0.1, -0.05) is 34.0 Å². The van der Waals surface area contributed by atoms with Crippen LogP contribution in [-0.2, 0) is 96.5 Å². The number of hydrogen-bond acceptors (Lipinski definition) is 47. The molecule has 15 rings (SSSR count). The van der Waals surface area contributed by atoms with E-state index in [9.17, 15) is 101 Å². The Morgan fingerprint density at radius 3 is 0.902 bits per heavy atom. The Hall–Kier alpha value is -8.62. The topological polar surface area (TPSA) is 839 Å². The van der Waals surface area contributed by atoms with Crippen LogP contribution < -0.4 is 82.8 Å². The van der Waals surface area contributed by atoms with Gasteiger partial charge in [0.15, 0.2) is 16.9 Å². The van der Waals surface area contributed by atoms with E-state index in [4.69, 9.17) is 108 Å². The van der Waals surface area contributed by atoms with Gasteiger partial charge < -0.3 is 97.5 Å². The summed E-state index contributed by atoms with van der Waals surface area (Å²) in [6.45, 7) is -6.46. The number of aromatic nitrogens is 15. The molecular formula is C57H70N21O37P5S3. The van der Waals surface area contributed by atoms with Crippen LogP contribution in [0.2, 0.25) is 0 Å². The summed E-state index contributed by atoms with van der Waals surface area (Å²) in [6.07, 6.45) is -29.3. The van der Waals surface area contributed by atoms with E-state index in [1.165, 1.54) is 18.3 Å². The van der Waals surface area contributed by atoms with E-state index in [2.05, 4.69) is 44.9 Å². The van der Waals surface area contributed by atoms with Crippen molar-refractivity contribution >= 4 is 139 Å². The Kier molecular flexibility index (Phi) is 25.4. The third-order valence-electron chi connectivity index (χ3n) is 19.5. The molecule has 0 aliphatic carbocycles. The maximum absolute atomic E-state index is 14.5. The highest BCUT2D eigenvalue weighted by Gasteiger charge is 2.52. The predicted molar refractivity (Wildman–Crippen MR) is 413 cm³/mol. The van der Waals surface area contributed by atoms with Crippen LogP contribution in [0, 0.1) is 0 Å². The molecule has 0 radical (unpaired) electrons. The lowest BCUT2D eigenvalue weighted by molar-refractivity contribution is -0.0650. The van der Waals surface area contributed by atoms with Crippen LogP contribution in [0.4, 0.5) is 35.3 Å². The summed E-state index contributed by atoms with van der Waals surface area (Å²) in [7, 11) is -28.0. The van der Waals surface area contributed by atoms with Gasteiger partial charge in [0.1, 0.15) is 136 Å². The van der Waals surface area contributed by atoms with Gasteiger partial charge in [-0.05, 0) is 18.2 Å². The van der Waals surface area contributed by atoms with Crippen molar-refractivity contribution in [1.29, 1.82) is 0 Å². The lowest BCUT2D eigenvalue weighted by atomic mass is 10.2. The Bertz CT molecular complexity index is 6420. The van der Waals surface area contributed by atoms with Crippen molar-refractivity contribution in [2.24, 2.45) is 0 Å². The van der Waals surface area contributed by atoms with Gasteiger partial charge in [0.25, 0.3) is 16.7 Å². The third-order valence-corrected chi connectivity index (χ3v) is 27.4. The molecule has 6 aliphatic rings. The van der Waals surface area contributed by atoms with E-state index in [1.807, 2.05) is 0 Å². The first-order chi connectivity index (χ1) is 58.0. The lowest BCUT2D eigenvalue weighted by Gasteiger charge is -2.26. The minimum atomic E-state index is -5.76. The minimum absolute atomic E-state index is 0.120. The van der Waals surface area contributed by atoms with Crippen molar-refractivity contribution < 1.29 is 131 Å². The van der Waals surface area contributed by atoms with Gasteiger partial charge in [0, 0.05) is 57.1 Å². The standard InChI is InChI=1S/C57H70N21O37P5S3/c58-31-1-4-73(52(84)64-31)34-7-19(80)26(106-34)14-100-116(90,91)114-23-11-38(77-44-41(122-56(77)88)47(82)71-50(62)68-44)109-29(23)17-103-118(94,95)113-22-9-36(75-6-3-33(60)66-54(75)86)108-28(22)16-102-120(98,99)115-24-12-39(78-45-42(123-57(78)89)48(83)72-51(63)69-45)110-30(24)18-104-119(96,97)112-21-8-35(74-5-2-32(59)65-53(74)85)107-27(21)15-101-117(92,93)111-20-10-37(105-25(20)13-79)76-43-40(121-55(76)87)46(81)70-49(61)67-43/h1-6,19-30,34-39,79-80H,7-18H2,(H,90,91)(H,92,93)(H,94,95)(H,96,97)(H,98,99)(H2,58,64,84)(H2,59,65,85)(H2,60,66,86)(H3,61,67,70,81)(H3,62,68,71,82)(H3,63,69,72,83)/t19-,20-,21-,22-,23-,24-,25+,26+,27+,28+,29+,30+,34+,35+,36+,37+,38+,39+/m0/s1. The van der Waals surface area contributed by atoms with Crippen LogP contribution >= 0.6 is 73.1 Å². The number of anilines is 6. The number of ether oxygens (including phenoxy) is 6. The van der Waals surface area contributed by atoms with Crippen LogP contribution in [0.15, 0.2) is 79.9 Å². The average Bonchev–Trinajstić information content (AvgIpc) is 1.62. The number of nitrogens with one attached hydrogen (secondary N) is 3. The van der Waals surface area contributed by atoms with Gasteiger partial charge in [0.05, 0.1) is 45.7 Å². The number of nitrogen functional groups attached to an aromatic ring is 6. The summed E-state index contributed by atoms with van der Waals surface area (Å²) < 4.78 is 166. The second-order valence-electron chi connectivity index (χ2n) is 27.6. The number of phosphoric ester groups is 5. The fourth-order valence-electron chi connectivity index (χ4n) is 14.1. The van der Waals surface area contributed by atoms with Crippen LogP contribution in [0.1, 0.15) is 75.9 Å². The maximum Gasteiger partial charge on any atom is 0.472 e. The van der Waals surface area contributed by atoms with Gasteiger partial charge >= 0.3 is 70.8 Å². The monoisotopic (exact) mass is 1890 g/mol. The molecule has 22 N–H and O–H groups in total. The summed E-state index contributed by atoms with van der Waals surface area (Å²) in [5.41, 5.74) is 28.0. The second-order valence-corrected chi connectivity index (χ2v) is 37.5. The molecule has 123 heavy (non-hydrogen) atoms. The van der Waals surface area contributed by atoms with Gasteiger partial charge in [-0.15, -0.1) is 0 Å². The first-order valence-corrected chi connectivity index (χ1v) is 45.7. The summed E-state index contributed by atoms with van der Waals surface area (Å²) >= 11 is 1.22. The quantitative estimate of drug-likeness (QED) is 0.0181. The van der Waals surface area contributed by atoms with Crippen LogP contribution in [0.25, 0.3) is 31.0 Å². The van der Waals surface area contributed by atoms with Crippen molar-refractivity contribution in [2.75, 3.05) is 74.0 Å². The van der Waals surface area contributed by atoms with Gasteiger partial charge in [-0.3, -0.25) is 116 Å². The zero-order chi connectivity index (χ0) is 88.0. The molecule has 15 heterocycles. The highest BCUT2D eigenvalue weighted by molar-refractivity contribution is 7.48. The molecule has 6 aliphatic heterocycles. The average molecular weight is 1890 g/mol. The van der Waals surface area contributed by atoms with Crippen LogP contribution in [0.5, 0.6) is 0 Å². The molecule has 66 heteroatoms. The molecule has 5 unspecified atom stereocenters. The summed E-state index contributed by atoms with van der Waals surface area (Å²) in [4.78, 5) is 202. The van der Waals surface area contributed by atoms with E-state index in [0.29, 0.717) is 34.0 Å². The molecule has 6 saturated heterocycles. The molecule has 58 nitrogen and oxygen atoms in total. The Labute approximate surface area is 691 Å². The molecule has 0 aromatic carbocycles. The normalized spacial score (nSPS) is 29.2.